The SMILES string of the molecule is COCc1cccc(C2C3N=C(C(=O)O)C=C(N(C)CCO)C3=NC(=[N+]3CCOCC3)N2C)c1. The predicted octanol–water partition coefficient (Wildman–Crippen LogP) is 0.375. The number of carboxylic acids is 1. The maximum Gasteiger partial charge on any atom is 0.390 e. The second kappa shape index (κ2) is 10.5. The van der Waals surface area contributed by atoms with Gasteiger partial charge in [0, 0.05) is 20.7 Å². The van der Waals surface area contributed by atoms with Crippen LogP contribution in [0.3, 0.4) is 0 Å². The molecule has 3 heterocycles. The summed E-state index contributed by atoms with van der Waals surface area (Å²) in [5.74, 6) is -0.291. The van der Waals surface area contributed by atoms with Gasteiger partial charge in [0.15, 0.2) is 5.71 Å². The van der Waals surface area contributed by atoms with Crippen LogP contribution in [0.4, 0.5) is 0 Å². The van der Waals surface area contributed by atoms with Crippen molar-refractivity contribution in [2.24, 2.45) is 9.98 Å². The van der Waals surface area contributed by atoms with Crippen LogP contribution in [0.25, 0.3) is 0 Å². The van der Waals surface area contributed by atoms with Crippen LogP contribution in [-0.4, -0.2) is 115 Å². The van der Waals surface area contributed by atoms with Crippen LogP contribution in [0.1, 0.15) is 17.2 Å². The summed E-state index contributed by atoms with van der Waals surface area (Å²) in [6.45, 7) is 3.43. The molecule has 34 heavy (non-hydrogen) atoms. The first-order chi connectivity index (χ1) is 16.4. The molecule has 3 aliphatic heterocycles. The summed E-state index contributed by atoms with van der Waals surface area (Å²) in [6.07, 6.45) is 1.55. The Balaban J connectivity index is 1.90. The van der Waals surface area contributed by atoms with E-state index in [1.807, 2.05) is 37.2 Å². The summed E-state index contributed by atoms with van der Waals surface area (Å²) in [7, 11) is 5.46. The number of ether oxygens (including phenoxy) is 2. The van der Waals surface area contributed by atoms with Gasteiger partial charge in [0.05, 0.1) is 52.3 Å². The Kier molecular flexibility index (Phi) is 7.40. The van der Waals surface area contributed by atoms with Gasteiger partial charge in [-0.05, 0) is 23.3 Å². The van der Waals surface area contributed by atoms with E-state index in [4.69, 9.17) is 14.5 Å². The number of carboxylic acid groups (broad SMARTS) is 1. The minimum atomic E-state index is -1.09. The molecule has 2 unspecified atom stereocenters. The lowest BCUT2D eigenvalue weighted by Crippen LogP contribution is -2.53. The van der Waals surface area contributed by atoms with E-state index < -0.39 is 12.0 Å². The number of guanidine groups is 1. The highest BCUT2D eigenvalue weighted by molar-refractivity contribution is 6.42. The van der Waals surface area contributed by atoms with Gasteiger partial charge in [0.2, 0.25) is 0 Å². The molecular formula is C24H32N5O5+. The number of carbonyl (C=O) groups is 1. The zero-order valence-corrected chi connectivity index (χ0v) is 19.8. The highest BCUT2D eigenvalue weighted by Gasteiger charge is 2.47. The maximum absolute atomic E-state index is 12.0. The summed E-state index contributed by atoms with van der Waals surface area (Å²) in [5, 5.41) is 19.4. The molecule has 0 saturated carbocycles. The second-order valence-corrected chi connectivity index (χ2v) is 8.57. The van der Waals surface area contributed by atoms with E-state index in [2.05, 4.69) is 20.5 Å². The Morgan fingerprint density at radius 2 is 2.12 bits per heavy atom. The van der Waals surface area contributed by atoms with Gasteiger partial charge in [0.25, 0.3) is 0 Å². The molecule has 182 valence electrons. The number of nitrogens with zero attached hydrogens (tertiary/aromatic N) is 5. The quantitative estimate of drug-likeness (QED) is 0.554. The molecule has 2 N–H and O–H groups in total. The number of dihydropyridines is 1. The van der Waals surface area contributed by atoms with Crippen LogP contribution in [0.2, 0.25) is 0 Å². The second-order valence-electron chi connectivity index (χ2n) is 8.57. The van der Waals surface area contributed by atoms with E-state index in [0.29, 0.717) is 50.9 Å². The number of hydrogen-bond acceptors (Lipinski definition) is 6. The number of hydrogen-bond donors (Lipinski definition) is 2. The molecule has 10 nitrogen and oxygen atoms in total. The molecule has 0 radical (unpaired) electrons. The Morgan fingerprint density at radius 3 is 2.79 bits per heavy atom. The van der Waals surface area contributed by atoms with Crippen molar-refractivity contribution in [2.45, 2.75) is 18.7 Å². The minimum Gasteiger partial charge on any atom is -0.477 e. The normalized spacial score (nSPS) is 22.6. The van der Waals surface area contributed by atoms with Crippen LogP contribution >= 0.6 is 0 Å². The number of rotatable bonds is 7. The molecule has 1 fully saturated rings. The zero-order chi connectivity index (χ0) is 24.2. The molecule has 10 heteroatoms. The van der Waals surface area contributed by atoms with Crippen molar-refractivity contribution in [3.63, 3.8) is 0 Å². The predicted molar refractivity (Wildman–Crippen MR) is 128 cm³/mol. The molecule has 1 aromatic rings. The largest absolute Gasteiger partial charge is 0.477 e. The summed E-state index contributed by atoms with van der Waals surface area (Å²) in [6, 6.07) is 7.30. The van der Waals surface area contributed by atoms with E-state index in [-0.39, 0.29) is 18.4 Å². The third-order valence-corrected chi connectivity index (χ3v) is 6.31. The first-order valence-electron chi connectivity index (χ1n) is 11.4. The van der Waals surface area contributed by atoms with Gasteiger partial charge in [-0.1, -0.05) is 23.2 Å². The van der Waals surface area contributed by atoms with E-state index in [9.17, 15) is 15.0 Å². The molecule has 0 spiro atoms. The van der Waals surface area contributed by atoms with Gasteiger partial charge in [-0.2, -0.15) is 0 Å². The minimum absolute atomic E-state index is 0.0231. The monoisotopic (exact) mass is 470 g/mol. The van der Waals surface area contributed by atoms with Crippen molar-refractivity contribution in [1.82, 2.24) is 9.80 Å². The fourth-order valence-electron chi connectivity index (χ4n) is 4.66. The van der Waals surface area contributed by atoms with Crippen molar-refractivity contribution in [3.05, 3.63) is 47.2 Å². The van der Waals surface area contributed by atoms with Crippen molar-refractivity contribution in [3.8, 4) is 0 Å². The average Bonchev–Trinajstić information content (AvgIpc) is 2.84. The molecule has 0 amide bonds. The molecule has 3 aliphatic rings. The van der Waals surface area contributed by atoms with Gasteiger partial charge >= 0.3 is 11.9 Å². The molecule has 4 rings (SSSR count). The third kappa shape index (κ3) is 4.75. The van der Waals surface area contributed by atoms with Gasteiger partial charge in [-0.25, -0.2) is 4.79 Å². The number of methoxy groups -OCH3 is 1. The van der Waals surface area contributed by atoms with Crippen molar-refractivity contribution in [1.29, 1.82) is 0 Å². The summed E-state index contributed by atoms with van der Waals surface area (Å²) < 4.78 is 13.1. The van der Waals surface area contributed by atoms with Crippen LogP contribution in [-0.2, 0) is 20.9 Å². The Bertz CT molecular complexity index is 1060. The van der Waals surface area contributed by atoms with Crippen LogP contribution in [0, 0.1) is 0 Å². The van der Waals surface area contributed by atoms with E-state index in [0.717, 1.165) is 17.1 Å². The lowest BCUT2D eigenvalue weighted by atomic mass is 9.88. The first kappa shape index (κ1) is 24.1. The van der Waals surface area contributed by atoms with Gasteiger partial charge in [-0.15, -0.1) is 0 Å². The fourth-order valence-corrected chi connectivity index (χ4v) is 4.66. The van der Waals surface area contributed by atoms with Crippen LogP contribution in [0.15, 0.2) is 46.0 Å². The number of aliphatic hydroxyl groups is 1. The average molecular weight is 471 g/mol. The van der Waals surface area contributed by atoms with Gasteiger partial charge < -0.3 is 24.6 Å². The molecule has 1 saturated heterocycles. The lowest BCUT2D eigenvalue weighted by molar-refractivity contribution is -0.554. The highest BCUT2D eigenvalue weighted by Crippen LogP contribution is 2.35. The highest BCUT2D eigenvalue weighted by atomic mass is 16.5. The number of likely N-dealkylation sites (N-methyl/N-ethyl adjacent to an activating group) is 2. The zero-order valence-electron chi connectivity index (χ0n) is 19.8. The Labute approximate surface area is 199 Å². The van der Waals surface area contributed by atoms with Gasteiger partial charge in [0.1, 0.15) is 17.8 Å². The number of morpholine rings is 1. The topological polar surface area (TPSA) is 110 Å². The molecule has 0 aromatic heterocycles. The molecule has 1 aromatic carbocycles. The Hall–Kier alpha value is -3.08. The molecule has 0 bridgehead atoms. The molecule has 0 aliphatic carbocycles. The first-order valence-corrected chi connectivity index (χ1v) is 11.4. The third-order valence-electron chi connectivity index (χ3n) is 6.31. The van der Waals surface area contributed by atoms with Crippen molar-refractivity contribution in [2.75, 3.05) is 60.7 Å². The van der Waals surface area contributed by atoms with Crippen LogP contribution in [0.5, 0.6) is 0 Å². The summed E-state index contributed by atoms with van der Waals surface area (Å²) >= 11 is 0. The standard InChI is InChI=1S/C24H31N5O5/c1-27(7-10-30)19-14-18(23(31)32)25-21-20(19)26-24(29-8-11-34-12-9-29)28(2)22(21)17-6-4-5-16(13-17)15-33-3/h4-6,13-14,21-22,30H,7-12,15H2,1-3H3/p+1. The van der Waals surface area contributed by atoms with Crippen LogP contribution < -0.4 is 0 Å². The smallest absolute Gasteiger partial charge is 0.390 e. The number of aliphatic carboxylic acids is 1. The summed E-state index contributed by atoms with van der Waals surface area (Å²) in [4.78, 5) is 25.6. The number of fused-ring (bicyclic) bond motifs is 1. The number of aliphatic hydroxyl groups excluding tert-OH is 1. The van der Waals surface area contributed by atoms with Crippen molar-refractivity contribution < 1.29 is 29.1 Å². The molecule has 2 atom stereocenters. The van der Waals surface area contributed by atoms with Crippen molar-refractivity contribution >= 4 is 23.4 Å². The number of benzene rings is 1. The fraction of sp³-hybridized carbons (Fsp3) is 0.500. The maximum atomic E-state index is 12.0. The summed E-state index contributed by atoms with van der Waals surface area (Å²) in [5.41, 5.74) is 3.35. The van der Waals surface area contributed by atoms with E-state index in [1.54, 1.807) is 13.2 Å². The lowest BCUT2D eigenvalue weighted by Gasteiger charge is -2.37. The van der Waals surface area contributed by atoms with E-state index in [1.165, 1.54) is 0 Å². The van der Waals surface area contributed by atoms with E-state index >= 15 is 0 Å². The Morgan fingerprint density at radius 1 is 1.35 bits per heavy atom. The molecular weight excluding hydrogens is 438 g/mol. The van der Waals surface area contributed by atoms with Gasteiger partial charge in [-0.3, -0.25) is 14.5 Å². The number of aliphatic imine (C=N–C) groups is 2.